The van der Waals surface area contributed by atoms with Crippen molar-refractivity contribution in [3.63, 3.8) is 0 Å². The molecule has 0 saturated heterocycles. The Bertz CT molecular complexity index is 640. The number of hydrogen-bond acceptors (Lipinski definition) is 1. The molecule has 0 saturated carbocycles. The topological polar surface area (TPSA) is 17.1 Å². The molecule has 0 spiro atoms. The van der Waals surface area contributed by atoms with E-state index in [2.05, 4.69) is 43.3 Å². The molecule has 0 amide bonds. The van der Waals surface area contributed by atoms with E-state index in [4.69, 9.17) is 0 Å². The molecule has 2 aromatic rings. The van der Waals surface area contributed by atoms with Crippen molar-refractivity contribution < 1.29 is 4.79 Å². The van der Waals surface area contributed by atoms with Crippen molar-refractivity contribution in [1.29, 1.82) is 0 Å². The first-order valence-corrected chi connectivity index (χ1v) is 6.96. The van der Waals surface area contributed by atoms with Crippen LogP contribution in [0.15, 0.2) is 42.5 Å². The van der Waals surface area contributed by atoms with Gasteiger partial charge in [-0.15, -0.1) is 0 Å². The average molecular weight is 250 g/mol. The predicted octanol–water partition coefficient (Wildman–Crippen LogP) is 4.80. The summed E-state index contributed by atoms with van der Waals surface area (Å²) in [5.41, 5.74) is 6.22. The van der Waals surface area contributed by atoms with E-state index < -0.39 is 0 Å². The molecule has 19 heavy (non-hydrogen) atoms. The smallest absolute Gasteiger partial charge is 0.159 e. The number of rotatable bonds is 3. The maximum atomic E-state index is 11.6. The van der Waals surface area contributed by atoms with Gasteiger partial charge in [-0.1, -0.05) is 49.7 Å². The van der Waals surface area contributed by atoms with Gasteiger partial charge in [-0.25, -0.2) is 0 Å². The molecule has 3 rings (SSSR count). The lowest BCUT2D eigenvalue weighted by molar-refractivity contribution is 0.101. The second-order valence-corrected chi connectivity index (χ2v) is 5.29. The first kappa shape index (κ1) is 12.2. The Labute approximate surface area is 114 Å². The Morgan fingerprint density at radius 3 is 2.53 bits per heavy atom. The third kappa shape index (κ3) is 1.90. The molecular weight excluding hydrogens is 232 g/mol. The van der Waals surface area contributed by atoms with Gasteiger partial charge >= 0.3 is 0 Å². The highest BCUT2D eigenvalue weighted by atomic mass is 16.1. The molecule has 0 unspecified atom stereocenters. The highest BCUT2D eigenvalue weighted by Gasteiger charge is 2.27. The number of Topliss-reactive ketones (excluding diaryl/α,β-unsaturated/α-hetero) is 1. The minimum absolute atomic E-state index is 0.147. The van der Waals surface area contributed by atoms with Gasteiger partial charge < -0.3 is 0 Å². The summed E-state index contributed by atoms with van der Waals surface area (Å²) in [4.78, 5) is 11.6. The van der Waals surface area contributed by atoms with Crippen LogP contribution in [0.4, 0.5) is 0 Å². The summed E-state index contributed by atoms with van der Waals surface area (Å²) >= 11 is 0. The molecule has 1 nitrogen and oxygen atoms in total. The van der Waals surface area contributed by atoms with Crippen LogP contribution in [-0.2, 0) is 0 Å². The van der Waals surface area contributed by atoms with E-state index in [1.165, 1.54) is 22.3 Å². The van der Waals surface area contributed by atoms with Gasteiger partial charge in [0.1, 0.15) is 0 Å². The highest BCUT2D eigenvalue weighted by Crippen LogP contribution is 2.46. The van der Waals surface area contributed by atoms with Crippen molar-refractivity contribution in [2.24, 2.45) is 0 Å². The van der Waals surface area contributed by atoms with E-state index in [9.17, 15) is 4.79 Å². The van der Waals surface area contributed by atoms with Crippen LogP contribution in [-0.4, -0.2) is 5.78 Å². The number of carbonyl (C=O) groups is 1. The van der Waals surface area contributed by atoms with Crippen LogP contribution in [0, 0.1) is 0 Å². The predicted molar refractivity (Wildman–Crippen MR) is 78.6 cm³/mol. The van der Waals surface area contributed by atoms with Crippen molar-refractivity contribution in [3.8, 4) is 11.1 Å². The molecule has 1 aliphatic rings. The van der Waals surface area contributed by atoms with Gasteiger partial charge in [-0.2, -0.15) is 0 Å². The van der Waals surface area contributed by atoms with E-state index >= 15 is 0 Å². The number of fused-ring (bicyclic) bond motifs is 3. The van der Waals surface area contributed by atoms with Crippen molar-refractivity contribution >= 4 is 5.78 Å². The van der Waals surface area contributed by atoms with Gasteiger partial charge in [0, 0.05) is 11.5 Å². The molecule has 2 aromatic carbocycles. The van der Waals surface area contributed by atoms with Crippen LogP contribution in [0.1, 0.15) is 54.1 Å². The maximum absolute atomic E-state index is 11.6. The first-order valence-electron chi connectivity index (χ1n) is 6.96. The third-order valence-corrected chi connectivity index (χ3v) is 4.04. The van der Waals surface area contributed by atoms with E-state index in [0.29, 0.717) is 5.92 Å². The van der Waals surface area contributed by atoms with Crippen LogP contribution in [0.2, 0.25) is 0 Å². The molecular formula is C18H18O. The molecule has 0 N–H and O–H groups in total. The second-order valence-electron chi connectivity index (χ2n) is 5.29. The van der Waals surface area contributed by atoms with Crippen molar-refractivity contribution in [3.05, 3.63) is 59.2 Å². The average Bonchev–Trinajstić information content (AvgIpc) is 2.74. The largest absolute Gasteiger partial charge is 0.295 e. The van der Waals surface area contributed by atoms with E-state index in [1.807, 2.05) is 6.07 Å². The van der Waals surface area contributed by atoms with Gasteiger partial charge in [0.2, 0.25) is 0 Å². The standard InChI is InChI=1S/C18H18O/c1-3-6-14-15-7-4-5-8-16(15)17-10-9-13(12(2)19)11-18(14)17/h4-5,7-11,14H,3,6H2,1-2H3/t14-/m0/s1. The van der Waals surface area contributed by atoms with Gasteiger partial charge in [0.05, 0.1) is 0 Å². The molecule has 0 fully saturated rings. The van der Waals surface area contributed by atoms with E-state index in [-0.39, 0.29) is 5.78 Å². The number of benzene rings is 2. The minimum atomic E-state index is 0.147. The summed E-state index contributed by atoms with van der Waals surface area (Å²) < 4.78 is 0. The fourth-order valence-electron chi connectivity index (χ4n) is 3.13. The zero-order valence-corrected chi connectivity index (χ0v) is 11.4. The number of hydrogen-bond donors (Lipinski definition) is 0. The van der Waals surface area contributed by atoms with Crippen LogP contribution >= 0.6 is 0 Å². The molecule has 0 radical (unpaired) electrons. The van der Waals surface area contributed by atoms with Gasteiger partial charge in [0.15, 0.2) is 5.78 Å². The Balaban J connectivity index is 2.19. The van der Waals surface area contributed by atoms with Crippen LogP contribution in [0.5, 0.6) is 0 Å². The monoisotopic (exact) mass is 250 g/mol. The van der Waals surface area contributed by atoms with Crippen LogP contribution in [0.3, 0.4) is 0 Å². The fourth-order valence-corrected chi connectivity index (χ4v) is 3.13. The first-order chi connectivity index (χ1) is 9.22. The lowest BCUT2D eigenvalue weighted by atomic mass is 9.91. The molecule has 0 aromatic heterocycles. The lowest BCUT2D eigenvalue weighted by Crippen LogP contribution is -1.98. The Morgan fingerprint density at radius 1 is 1.05 bits per heavy atom. The normalized spacial score (nSPS) is 16.0. The van der Waals surface area contributed by atoms with Gasteiger partial charge in [-0.05, 0) is 41.7 Å². The molecule has 96 valence electrons. The zero-order valence-electron chi connectivity index (χ0n) is 11.4. The summed E-state index contributed by atoms with van der Waals surface area (Å²) in [5, 5.41) is 0. The van der Waals surface area contributed by atoms with Crippen molar-refractivity contribution in [2.75, 3.05) is 0 Å². The number of carbonyl (C=O) groups excluding carboxylic acids is 1. The Hall–Kier alpha value is -1.89. The van der Waals surface area contributed by atoms with E-state index in [1.54, 1.807) is 6.92 Å². The van der Waals surface area contributed by atoms with Gasteiger partial charge in [0.25, 0.3) is 0 Å². The molecule has 0 bridgehead atoms. The second kappa shape index (κ2) is 4.65. The number of ketones is 1. The van der Waals surface area contributed by atoms with Crippen LogP contribution in [0.25, 0.3) is 11.1 Å². The van der Waals surface area contributed by atoms with Gasteiger partial charge in [-0.3, -0.25) is 4.79 Å². The summed E-state index contributed by atoms with van der Waals surface area (Å²) in [6, 6.07) is 14.8. The molecule has 1 aliphatic carbocycles. The molecule has 0 aliphatic heterocycles. The summed E-state index contributed by atoms with van der Waals surface area (Å²) in [6.45, 7) is 3.86. The fraction of sp³-hybridized carbons (Fsp3) is 0.278. The molecule has 1 atom stereocenters. The molecule has 1 heteroatoms. The summed E-state index contributed by atoms with van der Waals surface area (Å²) in [5.74, 6) is 0.601. The molecule has 0 heterocycles. The van der Waals surface area contributed by atoms with Crippen molar-refractivity contribution in [1.82, 2.24) is 0 Å². The highest BCUT2D eigenvalue weighted by molar-refractivity contribution is 5.95. The Morgan fingerprint density at radius 2 is 1.79 bits per heavy atom. The van der Waals surface area contributed by atoms with Crippen LogP contribution < -0.4 is 0 Å². The SMILES string of the molecule is CCC[C@H]1c2ccccc2-c2ccc(C(C)=O)cc21. The zero-order chi connectivity index (χ0) is 13.4. The third-order valence-electron chi connectivity index (χ3n) is 4.04. The summed E-state index contributed by atoms with van der Waals surface area (Å²) in [6.07, 6.45) is 2.30. The van der Waals surface area contributed by atoms with E-state index in [0.717, 1.165) is 18.4 Å². The Kier molecular flexibility index (Phi) is 2.98. The minimum Gasteiger partial charge on any atom is -0.295 e. The quantitative estimate of drug-likeness (QED) is 0.715. The lowest BCUT2D eigenvalue weighted by Gasteiger charge is -2.12. The van der Waals surface area contributed by atoms with Crippen molar-refractivity contribution in [2.45, 2.75) is 32.6 Å². The summed E-state index contributed by atoms with van der Waals surface area (Å²) in [7, 11) is 0. The maximum Gasteiger partial charge on any atom is 0.159 e.